The van der Waals surface area contributed by atoms with Gasteiger partial charge in [0.1, 0.15) is 0 Å². The van der Waals surface area contributed by atoms with Gasteiger partial charge in [0, 0.05) is 0 Å². The average Bonchev–Trinajstić information content (AvgIpc) is 2.90. The van der Waals surface area contributed by atoms with Crippen molar-refractivity contribution in [1.82, 2.24) is 0 Å². The SMILES string of the molecule is CCC[CH2][Zr+]([C]1=CC=CC1)[C]1=CC=CC1.[H-]. The molecule has 0 saturated heterocycles. The third-order valence-electron chi connectivity index (χ3n) is 3.10. The van der Waals surface area contributed by atoms with E-state index in [1.165, 1.54) is 29.8 Å². The zero-order chi connectivity index (χ0) is 10.5. The minimum absolute atomic E-state index is 0. The largest absolute Gasteiger partial charge is 1.00 e. The molecule has 0 bridgehead atoms. The number of rotatable bonds is 5. The first-order chi connectivity index (χ1) is 7.42. The fraction of sp³-hybridized carbons (Fsp3) is 0.429. The Kier molecular flexibility index (Phi) is 4.38. The maximum atomic E-state index is 2.41. The molecule has 0 N–H and O–H groups in total. The predicted molar refractivity (Wildman–Crippen MR) is 64.5 cm³/mol. The van der Waals surface area contributed by atoms with Gasteiger partial charge in [-0.2, -0.15) is 0 Å². The van der Waals surface area contributed by atoms with E-state index in [2.05, 4.69) is 43.4 Å². The van der Waals surface area contributed by atoms with Gasteiger partial charge in [0.15, 0.2) is 0 Å². The predicted octanol–water partition coefficient (Wildman–Crippen LogP) is 4.62. The Hall–Kier alpha value is -0.157. The van der Waals surface area contributed by atoms with Gasteiger partial charge in [-0.15, -0.1) is 0 Å². The molecule has 0 unspecified atom stereocenters. The normalized spacial score (nSPS) is 18.2. The quantitative estimate of drug-likeness (QED) is 0.688. The van der Waals surface area contributed by atoms with Crippen molar-refractivity contribution < 1.29 is 23.2 Å². The Morgan fingerprint density at radius 1 is 1.13 bits per heavy atom. The van der Waals surface area contributed by atoms with Gasteiger partial charge in [-0.3, -0.25) is 0 Å². The van der Waals surface area contributed by atoms with Crippen LogP contribution in [0.25, 0.3) is 0 Å². The van der Waals surface area contributed by atoms with E-state index in [0.717, 1.165) is 0 Å². The summed E-state index contributed by atoms with van der Waals surface area (Å²) < 4.78 is 5.17. The minimum Gasteiger partial charge on any atom is -1.00 e. The summed E-state index contributed by atoms with van der Waals surface area (Å²) in [6.07, 6.45) is 19.3. The van der Waals surface area contributed by atoms with Crippen LogP contribution in [0.15, 0.2) is 43.0 Å². The van der Waals surface area contributed by atoms with Crippen molar-refractivity contribution in [2.75, 3.05) is 0 Å². The van der Waals surface area contributed by atoms with E-state index in [4.69, 9.17) is 0 Å². The van der Waals surface area contributed by atoms with Crippen LogP contribution < -0.4 is 0 Å². The molecule has 0 spiro atoms. The summed E-state index contributed by atoms with van der Waals surface area (Å²) in [5, 5.41) is 0. The molecular weight excluding hydrogens is 259 g/mol. The van der Waals surface area contributed by atoms with Crippen LogP contribution in [0.3, 0.4) is 0 Å². The Morgan fingerprint density at radius 2 is 1.73 bits per heavy atom. The molecule has 0 heterocycles. The zero-order valence-corrected chi connectivity index (χ0v) is 12.0. The molecular formula is C14H20Zr. The number of hydrogen-bond donors (Lipinski definition) is 0. The molecule has 2 aliphatic rings. The second kappa shape index (κ2) is 5.80. The monoisotopic (exact) mass is 278 g/mol. The summed E-state index contributed by atoms with van der Waals surface area (Å²) in [5.41, 5.74) is 0. The van der Waals surface area contributed by atoms with Crippen LogP contribution in [-0.4, -0.2) is 0 Å². The van der Waals surface area contributed by atoms with Crippen LogP contribution in [0.5, 0.6) is 0 Å². The smallest absolute Gasteiger partial charge is 1.00 e. The van der Waals surface area contributed by atoms with Crippen LogP contribution >= 0.6 is 0 Å². The molecule has 0 saturated carbocycles. The van der Waals surface area contributed by atoms with Crippen molar-refractivity contribution in [3.8, 4) is 0 Å². The summed E-state index contributed by atoms with van der Waals surface area (Å²) in [4.78, 5) is 0. The average molecular weight is 280 g/mol. The standard InChI is InChI=1S/2C5H5.C4H9.Zr.H/c2*1-2-4-5-3-1;1-3-4-2;;/h2*1-3H,4H2;1,3-4H2,2H3;;/q;;;+1;-1. The van der Waals surface area contributed by atoms with Crippen LogP contribution in [0.1, 0.15) is 34.0 Å². The van der Waals surface area contributed by atoms with E-state index in [1.54, 1.807) is 0 Å². The molecule has 0 fully saturated rings. The maximum absolute atomic E-state index is 2.41. The van der Waals surface area contributed by atoms with E-state index < -0.39 is 21.8 Å². The van der Waals surface area contributed by atoms with Gasteiger partial charge in [-0.05, 0) is 0 Å². The van der Waals surface area contributed by atoms with E-state index in [9.17, 15) is 0 Å². The first kappa shape index (κ1) is 11.3. The first-order valence-corrected chi connectivity index (χ1v) is 10.2. The van der Waals surface area contributed by atoms with E-state index >= 15 is 0 Å². The molecule has 0 aromatic rings. The summed E-state index contributed by atoms with van der Waals surface area (Å²) >= 11 is -1.37. The molecule has 0 atom stereocenters. The number of hydrogen-bond acceptors (Lipinski definition) is 0. The van der Waals surface area contributed by atoms with Gasteiger partial charge < -0.3 is 1.43 Å². The molecule has 0 amide bonds. The minimum atomic E-state index is -1.37. The second-order valence-electron chi connectivity index (χ2n) is 4.23. The summed E-state index contributed by atoms with van der Waals surface area (Å²) in [7, 11) is 0. The molecule has 15 heavy (non-hydrogen) atoms. The Morgan fingerprint density at radius 3 is 2.13 bits per heavy atom. The summed E-state index contributed by atoms with van der Waals surface area (Å²) in [6.45, 7) is 2.31. The van der Waals surface area contributed by atoms with Crippen LogP contribution in [0.4, 0.5) is 0 Å². The second-order valence-corrected chi connectivity index (χ2v) is 11.0. The van der Waals surface area contributed by atoms with Crippen LogP contribution in [0, 0.1) is 0 Å². The fourth-order valence-corrected chi connectivity index (χ4v) is 9.81. The number of unbranched alkanes of at least 4 members (excludes halogenated alkanes) is 1. The number of allylic oxidation sites excluding steroid dienone is 8. The molecule has 0 aromatic heterocycles. The van der Waals surface area contributed by atoms with Crippen LogP contribution in [0.2, 0.25) is 4.13 Å². The zero-order valence-electron chi connectivity index (χ0n) is 10.5. The summed E-state index contributed by atoms with van der Waals surface area (Å²) in [5.74, 6) is 0. The van der Waals surface area contributed by atoms with E-state index in [1.807, 2.05) is 6.56 Å². The van der Waals surface area contributed by atoms with E-state index in [0.29, 0.717) is 0 Å². The van der Waals surface area contributed by atoms with Crippen molar-refractivity contribution in [3.05, 3.63) is 43.0 Å². The van der Waals surface area contributed by atoms with Gasteiger partial charge >= 0.3 is 102 Å². The van der Waals surface area contributed by atoms with Gasteiger partial charge in [-0.25, -0.2) is 0 Å². The topological polar surface area (TPSA) is 0 Å². The molecule has 0 aliphatic heterocycles. The van der Waals surface area contributed by atoms with Crippen molar-refractivity contribution in [2.45, 2.75) is 36.7 Å². The molecule has 0 nitrogen and oxygen atoms in total. The Balaban J connectivity index is 0.00000128. The van der Waals surface area contributed by atoms with Gasteiger partial charge in [0.25, 0.3) is 0 Å². The third kappa shape index (κ3) is 2.91. The molecule has 1 heteroatoms. The van der Waals surface area contributed by atoms with E-state index in [-0.39, 0.29) is 1.43 Å². The van der Waals surface area contributed by atoms with Gasteiger partial charge in [-0.1, -0.05) is 0 Å². The van der Waals surface area contributed by atoms with Crippen molar-refractivity contribution >= 4 is 0 Å². The van der Waals surface area contributed by atoms with Crippen LogP contribution in [-0.2, 0) is 21.8 Å². The molecule has 2 aliphatic carbocycles. The summed E-state index contributed by atoms with van der Waals surface area (Å²) in [6, 6.07) is 0. The van der Waals surface area contributed by atoms with Crippen molar-refractivity contribution in [3.63, 3.8) is 0 Å². The molecule has 0 radical (unpaired) electrons. The van der Waals surface area contributed by atoms with Crippen molar-refractivity contribution in [2.24, 2.45) is 0 Å². The Bertz CT molecular complexity index is 307. The fourth-order valence-electron chi connectivity index (χ4n) is 2.22. The van der Waals surface area contributed by atoms with Crippen molar-refractivity contribution in [1.29, 1.82) is 0 Å². The maximum Gasteiger partial charge on any atom is -1.00 e. The molecule has 0 aromatic carbocycles. The third-order valence-corrected chi connectivity index (χ3v) is 10.8. The first-order valence-electron chi connectivity index (χ1n) is 5.99. The Labute approximate surface area is 103 Å². The van der Waals surface area contributed by atoms with Gasteiger partial charge in [0.2, 0.25) is 0 Å². The molecule has 80 valence electrons. The van der Waals surface area contributed by atoms with Gasteiger partial charge in [0.05, 0.1) is 0 Å². The molecule has 2 rings (SSSR count).